The number of hydrogen-bond donors (Lipinski definition) is 2. The monoisotopic (exact) mass is 306 g/mol. The van der Waals surface area contributed by atoms with Crippen molar-refractivity contribution in [2.24, 2.45) is 5.92 Å². The molecule has 1 saturated heterocycles. The first-order valence-corrected chi connectivity index (χ1v) is 7.83. The van der Waals surface area contributed by atoms with Gasteiger partial charge in [0.05, 0.1) is 0 Å². The quantitative estimate of drug-likeness (QED) is 0.821. The molecule has 2 heterocycles. The van der Waals surface area contributed by atoms with Crippen molar-refractivity contribution in [2.45, 2.75) is 25.7 Å². The Balaban J connectivity index is 1.35. The molecule has 0 bridgehead atoms. The molecule has 1 aromatic carbocycles. The first-order valence-electron chi connectivity index (χ1n) is 7.83. The maximum Gasteiger partial charge on any atom is 0.319 e. The summed E-state index contributed by atoms with van der Waals surface area (Å²) in [5, 5.41) is 5.69. The maximum absolute atomic E-state index is 11.8. The van der Waals surface area contributed by atoms with Crippen molar-refractivity contribution in [1.29, 1.82) is 0 Å². The van der Waals surface area contributed by atoms with Crippen molar-refractivity contribution in [2.75, 3.05) is 31.9 Å². The second-order valence-corrected chi connectivity index (χ2v) is 5.65. The summed E-state index contributed by atoms with van der Waals surface area (Å²) in [5.41, 5.74) is 0.700. The summed E-state index contributed by atoms with van der Waals surface area (Å²) >= 11 is 0. The highest BCUT2D eigenvalue weighted by atomic mass is 16.7. The molecule has 1 fully saturated rings. The van der Waals surface area contributed by atoms with Crippen LogP contribution < -0.4 is 20.1 Å². The molecule has 0 atom stereocenters. The van der Waals surface area contributed by atoms with Crippen molar-refractivity contribution in [3.63, 3.8) is 0 Å². The van der Waals surface area contributed by atoms with Crippen molar-refractivity contribution >= 4 is 11.7 Å². The Morgan fingerprint density at radius 3 is 2.86 bits per heavy atom. The Bertz CT molecular complexity index is 515. The van der Waals surface area contributed by atoms with Crippen LogP contribution in [0.25, 0.3) is 0 Å². The second-order valence-electron chi connectivity index (χ2n) is 5.65. The van der Waals surface area contributed by atoms with Crippen LogP contribution in [0, 0.1) is 5.92 Å². The molecule has 2 aliphatic heterocycles. The van der Waals surface area contributed by atoms with Crippen molar-refractivity contribution in [3.8, 4) is 11.5 Å². The van der Waals surface area contributed by atoms with E-state index in [2.05, 4.69) is 10.6 Å². The molecule has 1 aromatic rings. The molecule has 2 aliphatic rings. The van der Waals surface area contributed by atoms with Gasteiger partial charge in [0.25, 0.3) is 0 Å². The lowest BCUT2D eigenvalue weighted by molar-refractivity contribution is 0.0634. The Kier molecular flexibility index (Phi) is 5.00. The van der Waals surface area contributed by atoms with Gasteiger partial charge in [0, 0.05) is 31.5 Å². The largest absolute Gasteiger partial charge is 0.454 e. The summed E-state index contributed by atoms with van der Waals surface area (Å²) < 4.78 is 15.9. The molecule has 2 N–H and O–H groups in total. The lowest BCUT2D eigenvalue weighted by Crippen LogP contribution is -2.30. The SMILES string of the molecule is O=C(NCCCC1CCOCC1)Nc1ccc2c(c1)OCO2. The molecule has 6 nitrogen and oxygen atoms in total. The van der Waals surface area contributed by atoms with Crippen LogP contribution in [-0.2, 0) is 4.74 Å². The van der Waals surface area contributed by atoms with E-state index in [1.165, 1.54) is 0 Å². The predicted octanol–water partition coefficient (Wildman–Crippen LogP) is 2.74. The third kappa shape index (κ3) is 4.04. The van der Waals surface area contributed by atoms with E-state index in [1.807, 2.05) is 0 Å². The molecule has 120 valence electrons. The minimum atomic E-state index is -0.189. The zero-order valence-corrected chi connectivity index (χ0v) is 12.6. The summed E-state index contributed by atoms with van der Waals surface area (Å²) in [4.78, 5) is 11.8. The van der Waals surface area contributed by atoms with E-state index in [1.54, 1.807) is 18.2 Å². The zero-order chi connectivity index (χ0) is 15.2. The molecule has 3 rings (SSSR count). The number of anilines is 1. The van der Waals surface area contributed by atoms with Gasteiger partial charge in [0.15, 0.2) is 11.5 Å². The van der Waals surface area contributed by atoms with Crippen LogP contribution in [0.3, 0.4) is 0 Å². The van der Waals surface area contributed by atoms with Gasteiger partial charge in [-0.25, -0.2) is 4.79 Å². The molecule has 0 aliphatic carbocycles. The van der Waals surface area contributed by atoms with Crippen LogP contribution in [-0.4, -0.2) is 32.6 Å². The lowest BCUT2D eigenvalue weighted by atomic mass is 9.95. The molecule has 6 heteroatoms. The average Bonchev–Trinajstić information content (AvgIpc) is 3.00. The molecular weight excluding hydrogens is 284 g/mol. The Morgan fingerprint density at radius 1 is 1.18 bits per heavy atom. The van der Waals surface area contributed by atoms with E-state index in [4.69, 9.17) is 14.2 Å². The number of carbonyl (C=O) groups excluding carboxylic acids is 1. The van der Waals surface area contributed by atoms with E-state index in [0.717, 1.165) is 44.8 Å². The molecule has 0 saturated carbocycles. The molecule has 0 radical (unpaired) electrons. The number of amides is 2. The van der Waals surface area contributed by atoms with Crippen LogP contribution >= 0.6 is 0 Å². The summed E-state index contributed by atoms with van der Waals surface area (Å²) in [5.74, 6) is 2.12. The van der Waals surface area contributed by atoms with Gasteiger partial charge >= 0.3 is 6.03 Å². The third-order valence-corrected chi connectivity index (χ3v) is 4.05. The zero-order valence-electron chi connectivity index (χ0n) is 12.6. The number of benzene rings is 1. The molecule has 2 amide bonds. The van der Waals surface area contributed by atoms with Gasteiger partial charge in [-0.3, -0.25) is 0 Å². The third-order valence-electron chi connectivity index (χ3n) is 4.05. The highest BCUT2D eigenvalue weighted by Gasteiger charge is 2.15. The van der Waals surface area contributed by atoms with E-state index in [-0.39, 0.29) is 12.8 Å². The minimum absolute atomic E-state index is 0.189. The van der Waals surface area contributed by atoms with Gasteiger partial charge in [-0.2, -0.15) is 0 Å². The number of ether oxygens (including phenoxy) is 3. The van der Waals surface area contributed by atoms with Crippen LogP contribution in [0.5, 0.6) is 11.5 Å². The summed E-state index contributed by atoms with van der Waals surface area (Å²) in [6, 6.07) is 5.17. The Hall–Kier alpha value is -1.95. The van der Waals surface area contributed by atoms with E-state index >= 15 is 0 Å². The Morgan fingerprint density at radius 2 is 2.00 bits per heavy atom. The maximum atomic E-state index is 11.8. The topological polar surface area (TPSA) is 68.8 Å². The van der Waals surface area contributed by atoms with Crippen molar-refractivity contribution in [1.82, 2.24) is 5.32 Å². The fraction of sp³-hybridized carbons (Fsp3) is 0.562. The normalized spacial score (nSPS) is 17.3. The van der Waals surface area contributed by atoms with Gasteiger partial charge in [-0.1, -0.05) is 0 Å². The van der Waals surface area contributed by atoms with E-state index in [0.29, 0.717) is 23.7 Å². The Labute approximate surface area is 130 Å². The minimum Gasteiger partial charge on any atom is -0.454 e. The smallest absolute Gasteiger partial charge is 0.319 e. The van der Waals surface area contributed by atoms with Crippen LogP contribution in [0.15, 0.2) is 18.2 Å². The number of carbonyl (C=O) groups is 1. The van der Waals surface area contributed by atoms with Crippen LogP contribution in [0.1, 0.15) is 25.7 Å². The second kappa shape index (κ2) is 7.35. The number of rotatable bonds is 5. The molecule has 0 spiro atoms. The van der Waals surface area contributed by atoms with Crippen molar-refractivity contribution in [3.05, 3.63) is 18.2 Å². The van der Waals surface area contributed by atoms with Gasteiger partial charge < -0.3 is 24.8 Å². The lowest BCUT2D eigenvalue weighted by Gasteiger charge is -2.21. The fourth-order valence-corrected chi connectivity index (χ4v) is 2.78. The van der Waals surface area contributed by atoms with Gasteiger partial charge in [-0.05, 0) is 43.7 Å². The number of fused-ring (bicyclic) bond motifs is 1. The summed E-state index contributed by atoms with van der Waals surface area (Å²) in [7, 11) is 0. The summed E-state index contributed by atoms with van der Waals surface area (Å²) in [6.45, 7) is 2.68. The standard InChI is InChI=1S/C16H22N2O4/c19-16(17-7-1-2-12-5-8-20-9-6-12)18-13-3-4-14-15(10-13)22-11-21-14/h3-4,10,12H,1-2,5-9,11H2,(H2,17,18,19). The highest BCUT2D eigenvalue weighted by Crippen LogP contribution is 2.34. The van der Waals surface area contributed by atoms with E-state index in [9.17, 15) is 4.79 Å². The van der Waals surface area contributed by atoms with Crippen LogP contribution in [0.4, 0.5) is 10.5 Å². The van der Waals surface area contributed by atoms with E-state index < -0.39 is 0 Å². The molecule has 0 unspecified atom stereocenters. The highest BCUT2D eigenvalue weighted by molar-refractivity contribution is 5.89. The van der Waals surface area contributed by atoms with Gasteiger partial charge in [0.1, 0.15) is 0 Å². The first kappa shape index (κ1) is 15.0. The average molecular weight is 306 g/mol. The fourth-order valence-electron chi connectivity index (χ4n) is 2.78. The van der Waals surface area contributed by atoms with Crippen molar-refractivity contribution < 1.29 is 19.0 Å². The number of nitrogens with one attached hydrogen (secondary N) is 2. The number of hydrogen-bond acceptors (Lipinski definition) is 4. The number of urea groups is 1. The van der Waals surface area contributed by atoms with Gasteiger partial charge in [0.2, 0.25) is 6.79 Å². The molecular formula is C16H22N2O4. The summed E-state index contributed by atoms with van der Waals surface area (Å²) in [6.07, 6.45) is 4.43. The predicted molar refractivity (Wildman–Crippen MR) is 82.4 cm³/mol. The molecule has 22 heavy (non-hydrogen) atoms. The van der Waals surface area contributed by atoms with Crippen LogP contribution in [0.2, 0.25) is 0 Å². The first-order chi connectivity index (χ1) is 10.8. The van der Waals surface area contributed by atoms with Gasteiger partial charge in [-0.15, -0.1) is 0 Å². The molecule has 0 aromatic heterocycles.